The SMILES string of the molecule is C.CC(=O)C(=O)Nc1cncc(C(N)=O)c1.CC(=O)NC1=CC=C(C2CCC(C)CN2)C1.CC(=O)Nc1ccc(C2CCC(C)CN2C(=O)C(=O)Nc2cncc(C(N)=O)c2)s1.CC(=O)Nc1ccc([C@@H]2CC[C@@H](C)CN2C(=O)C(=O)Nc2cncc(C(N)=O)c2)s1.CC(=O)Nc1ccc([C@H]2CC[C@H](C)CN2C(=O)C(=O)Nc2cncc(C(N)=O)c2)s1. The van der Waals surface area contributed by atoms with Crippen LogP contribution in [0.4, 0.5) is 37.8 Å². The number of likely N-dealkylation sites (tertiary alicyclic amines) is 3. The lowest BCUT2D eigenvalue weighted by atomic mass is 9.91. The van der Waals surface area contributed by atoms with Crippen LogP contribution in [0.25, 0.3) is 0 Å². The Labute approximate surface area is 716 Å². The summed E-state index contributed by atoms with van der Waals surface area (Å²) < 4.78 is 0. The molecule has 17 N–H and O–H groups in total. The molecule has 4 saturated heterocycles. The van der Waals surface area contributed by atoms with Crippen LogP contribution in [0, 0.1) is 23.7 Å². The molecule has 0 aromatic carbocycles. The number of carbonyl (C=O) groups is 16. The average Bonchev–Trinajstić information content (AvgIpc) is 1.44. The quantitative estimate of drug-likeness (QED) is 0.0380. The fraction of sp³-hybridized carbons (Fsp3) is 0.373. The van der Waals surface area contributed by atoms with Crippen molar-refractivity contribution >= 4 is 166 Å². The number of ketones is 1. The van der Waals surface area contributed by atoms with Crippen LogP contribution >= 0.6 is 34.0 Å². The molecule has 39 heteroatoms. The number of primary amides is 4. The first kappa shape index (κ1) is 96.0. The van der Waals surface area contributed by atoms with Gasteiger partial charge in [-0.3, -0.25) is 96.6 Å². The Balaban J connectivity index is 0.000000215. The van der Waals surface area contributed by atoms with Crippen molar-refractivity contribution < 1.29 is 76.7 Å². The van der Waals surface area contributed by atoms with E-state index in [2.05, 4.69) is 80.8 Å². The fourth-order valence-corrected chi connectivity index (χ4v) is 16.8. The molecule has 4 aliphatic heterocycles. The van der Waals surface area contributed by atoms with Gasteiger partial charge >= 0.3 is 35.4 Å². The highest BCUT2D eigenvalue weighted by molar-refractivity contribution is 7.17. The van der Waals surface area contributed by atoms with E-state index in [4.69, 9.17) is 22.9 Å². The summed E-state index contributed by atoms with van der Waals surface area (Å²) >= 11 is 4.18. The number of piperidine rings is 4. The average molecular weight is 1730 g/mol. The topological polar surface area (TPSA) is 547 Å². The molecule has 36 nitrogen and oxygen atoms in total. The third-order valence-corrected chi connectivity index (χ3v) is 22.7. The number of hydrogen-bond acceptors (Lipinski definition) is 24. The zero-order valence-electron chi connectivity index (χ0n) is 68.1. The Bertz CT molecular complexity index is 4750. The van der Waals surface area contributed by atoms with E-state index < -0.39 is 70.8 Å². The number of pyridine rings is 4. The molecule has 0 saturated carbocycles. The molecule has 4 unspecified atom stereocenters. The van der Waals surface area contributed by atoms with Crippen molar-refractivity contribution in [2.75, 3.05) is 63.4 Å². The number of nitrogens with one attached hydrogen (secondary N) is 9. The van der Waals surface area contributed by atoms with Crippen LogP contribution in [0.3, 0.4) is 0 Å². The lowest BCUT2D eigenvalue weighted by Crippen LogP contribution is -2.46. The Morgan fingerprint density at radius 3 is 0.934 bits per heavy atom. The van der Waals surface area contributed by atoms with E-state index >= 15 is 0 Å². The summed E-state index contributed by atoms with van der Waals surface area (Å²) in [6, 6.07) is 16.2. The van der Waals surface area contributed by atoms with Gasteiger partial charge in [-0.2, -0.15) is 0 Å². The third kappa shape index (κ3) is 28.8. The van der Waals surface area contributed by atoms with Gasteiger partial charge in [-0.1, -0.05) is 41.2 Å². The fourth-order valence-electron chi connectivity index (χ4n) is 13.5. The third-order valence-electron chi connectivity index (χ3n) is 19.4. The van der Waals surface area contributed by atoms with E-state index in [9.17, 15) is 76.7 Å². The van der Waals surface area contributed by atoms with Crippen molar-refractivity contribution in [2.24, 2.45) is 46.6 Å². The summed E-state index contributed by atoms with van der Waals surface area (Å²) in [6.45, 7) is 17.8. The summed E-state index contributed by atoms with van der Waals surface area (Å²) in [5.74, 6) is -7.41. The van der Waals surface area contributed by atoms with E-state index in [1.807, 2.05) is 45.0 Å². The van der Waals surface area contributed by atoms with Gasteiger partial charge in [0.1, 0.15) is 0 Å². The Kier molecular flexibility index (Phi) is 35.7. The molecule has 12 rings (SSSR count). The van der Waals surface area contributed by atoms with Gasteiger partial charge in [0.2, 0.25) is 53.0 Å². The van der Waals surface area contributed by atoms with Gasteiger partial charge in [0.25, 0.3) is 5.91 Å². The van der Waals surface area contributed by atoms with Crippen LogP contribution in [-0.2, 0) is 57.5 Å². The molecular weight excluding hydrogens is 1630 g/mol. The number of Topliss-reactive ketones (excluding diaryl/α,β-unsaturated/α-hetero) is 1. The van der Waals surface area contributed by atoms with Gasteiger partial charge in [-0.25, -0.2) is 0 Å². The molecule has 0 bridgehead atoms. The molecule has 1 aliphatic carbocycles. The molecule has 5 aliphatic rings. The smallest absolute Gasteiger partial charge is 0.313 e. The van der Waals surface area contributed by atoms with Crippen LogP contribution in [-0.4, -0.2) is 161 Å². The number of allylic oxidation sites excluding steroid dienone is 3. The van der Waals surface area contributed by atoms with Gasteiger partial charge in [-0.05, 0) is 154 Å². The number of rotatable bonds is 17. The summed E-state index contributed by atoms with van der Waals surface area (Å²) in [7, 11) is 0. The molecule has 4 fully saturated rings. The molecular formula is C83H102N20O16S3. The maximum Gasteiger partial charge on any atom is 0.313 e. The maximum absolute atomic E-state index is 13.0. The summed E-state index contributed by atoms with van der Waals surface area (Å²) in [5, 5.41) is 26.5. The van der Waals surface area contributed by atoms with Gasteiger partial charge < -0.3 is 85.5 Å². The lowest BCUT2D eigenvalue weighted by molar-refractivity contribution is -0.146. The van der Waals surface area contributed by atoms with Crippen molar-refractivity contribution in [3.05, 3.63) is 171 Å². The van der Waals surface area contributed by atoms with Crippen molar-refractivity contribution in [2.45, 2.75) is 152 Å². The van der Waals surface area contributed by atoms with Crippen LogP contribution in [0.2, 0.25) is 0 Å². The molecule has 7 aromatic rings. The Morgan fingerprint density at radius 1 is 0.369 bits per heavy atom. The van der Waals surface area contributed by atoms with Crippen LogP contribution in [0.15, 0.2) is 134 Å². The van der Waals surface area contributed by atoms with E-state index in [0.29, 0.717) is 40.7 Å². The number of hydrogen-bond donors (Lipinski definition) is 13. The first-order valence-electron chi connectivity index (χ1n) is 38.6. The van der Waals surface area contributed by atoms with Gasteiger partial charge in [-0.15, -0.1) is 34.0 Å². The summed E-state index contributed by atoms with van der Waals surface area (Å²) in [4.78, 5) is 211. The molecule has 0 spiro atoms. The first-order chi connectivity index (χ1) is 57.4. The number of anilines is 7. The number of nitrogens with zero attached hydrogens (tertiary/aromatic N) is 7. The van der Waals surface area contributed by atoms with Crippen molar-refractivity contribution in [1.29, 1.82) is 0 Å². The zero-order valence-corrected chi connectivity index (χ0v) is 70.5. The predicted octanol–water partition coefficient (Wildman–Crippen LogP) is 8.48. The predicted molar refractivity (Wildman–Crippen MR) is 462 cm³/mol. The lowest BCUT2D eigenvalue weighted by Gasteiger charge is -2.37. The molecule has 8 atom stereocenters. The molecule has 15 amide bonds. The van der Waals surface area contributed by atoms with Gasteiger partial charge in [0, 0.05) is 112 Å². The van der Waals surface area contributed by atoms with Crippen molar-refractivity contribution in [3.63, 3.8) is 0 Å². The van der Waals surface area contributed by atoms with E-state index in [1.54, 1.807) is 39.8 Å². The van der Waals surface area contributed by atoms with Crippen LogP contribution in [0.5, 0.6) is 0 Å². The second-order valence-electron chi connectivity index (χ2n) is 29.7. The van der Waals surface area contributed by atoms with Crippen LogP contribution in [0.1, 0.15) is 202 Å². The number of amides is 15. The summed E-state index contributed by atoms with van der Waals surface area (Å²) in [5.41, 5.74) is 24.6. The minimum atomic E-state index is -0.809. The van der Waals surface area contributed by atoms with E-state index in [1.165, 1.54) is 147 Å². The highest BCUT2D eigenvalue weighted by atomic mass is 32.1. The number of carbonyl (C=O) groups excluding carboxylic acids is 16. The zero-order chi connectivity index (χ0) is 88.5. The minimum Gasteiger partial charge on any atom is -0.366 e. The maximum atomic E-state index is 13.0. The molecule has 7 aromatic heterocycles. The van der Waals surface area contributed by atoms with Gasteiger partial charge in [0.05, 0.1) is 103 Å². The second-order valence-corrected chi connectivity index (χ2v) is 33.1. The van der Waals surface area contributed by atoms with Gasteiger partial charge in [0.15, 0.2) is 0 Å². The second kappa shape index (κ2) is 45.3. The number of aromatic nitrogens is 4. The highest BCUT2D eigenvalue weighted by Gasteiger charge is 2.39. The van der Waals surface area contributed by atoms with Crippen molar-refractivity contribution in [3.8, 4) is 0 Å². The van der Waals surface area contributed by atoms with E-state index in [-0.39, 0.29) is 112 Å². The number of thiophene rings is 3. The minimum absolute atomic E-state index is 0. The van der Waals surface area contributed by atoms with E-state index in [0.717, 1.165) is 84.7 Å². The molecule has 11 heterocycles. The Hall–Kier alpha value is -13.1. The van der Waals surface area contributed by atoms with Crippen molar-refractivity contribution in [1.82, 2.24) is 45.3 Å². The molecule has 648 valence electrons. The standard InChI is InChI=1S/3C20H23N5O4S.C13H20N2O.C9H9N3O3.CH4/c3*1-11-3-4-15(16-5-6-17(30-16)23-12(2)26)25(10-11)20(29)19(28)24-14-7-13(18(21)27)8-22-9-14;1-9-3-6-13(14-8-9)11-4-5-12(7-11)15-10(2)16;1-5(13)9(15)12-7-2-6(8(10)14)3-11-4-7;/h3*5-9,11,15H,3-4,10H2,1-2H3,(H2,21,27)(H,23,26)(H,24,28);4-5,9,13-14H,3,6-8H2,1-2H3,(H,15,16);2-4H,1H3,(H2,10,14)(H,12,15);1H4/t2*11-,15+;;;;/m10..../s1. The first-order valence-corrected chi connectivity index (χ1v) is 41.0. The Morgan fingerprint density at radius 2 is 0.664 bits per heavy atom. The summed E-state index contributed by atoms with van der Waals surface area (Å²) in [6.07, 6.45) is 23.0. The molecule has 0 radical (unpaired) electrons. The monoisotopic (exact) mass is 1730 g/mol. The molecule has 122 heavy (non-hydrogen) atoms. The highest BCUT2D eigenvalue weighted by Crippen LogP contribution is 2.42. The normalized spacial score (nSPS) is 18.7. The van der Waals surface area contributed by atoms with Crippen LogP contribution < -0.4 is 70.8 Å². The number of nitrogens with two attached hydrogens (primary N) is 4. The largest absolute Gasteiger partial charge is 0.366 e.